The van der Waals surface area contributed by atoms with Gasteiger partial charge in [0.05, 0.1) is 78.0 Å². The van der Waals surface area contributed by atoms with E-state index in [0.717, 1.165) is 33.4 Å². The quantitative estimate of drug-likeness (QED) is 0.0671. The topological polar surface area (TPSA) is 285 Å². The molecule has 361 valence electrons. The zero-order valence-electron chi connectivity index (χ0n) is 39.1. The third-order valence-corrected chi connectivity index (χ3v) is 8.51. The molecule has 6 amide bonds. The number of rotatable bonds is 12. The second kappa shape index (κ2) is 35.8. The molecule has 0 heterocycles. The average molecular weight is 1060 g/mol. The first-order chi connectivity index (χ1) is 34.3. The normalized spacial score (nSPS) is 8.79. The minimum Gasteiger partial charge on any atom is -0.369 e. The van der Waals surface area contributed by atoms with Crippen molar-refractivity contribution < 1.29 is 48.9 Å². The van der Waals surface area contributed by atoms with Gasteiger partial charge in [-0.25, -0.2) is 29.1 Å². The molecule has 0 saturated carbocycles. The molecule has 12 N–H and O–H groups in total. The van der Waals surface area contributed by atoms with Crippen LogP contribution in [0.4, 0.5) is 34.1 Å². The second-order valence-corrected chi connectivity index (χ2v) is 14.5. The van der Waals surface area contributed by atoms with Crippen LogP contribution in [0, 0.1) is 39.4 Å². The van der Waals surface area contributed by atoms with Crippen LogP contribution in [0.5, 0.6) is 0 Å². The number of primary amides is 6. The molecule has 6 rings (SSSR count). The van der Waals surface area contributed by atoms with Crippen LogP contribution < -0.4 is 34.4 Å². The molecule has 0 aliphatic heterocycles. The van der Waals surface area contributed by atoms with Crippen molar-refractivity contribution in [3.05, 3.63) is 247 Å². The van der Waals surface area contributed by atoms with Crippen molar-refractivity contribution in [3.63, 3.8) is 0 Å². The number of carbonyl (C=O) groups excluding carboxylic acids is 6. The van der Waals surface area contributed by atoms with Gasteiger partial charge in [-0.15, -0.1) is 0 Å². The molecule has 0 atom stereocenters. The van der Waals surface area contributed by atoms with Gasteiger partial charge in [0.15, 0.2) is 34.1 Å². The molecule has 0 unspecified atom stereocenters. The van der Waals surface area contributed by atoms with Crippen molar-refractivity contribution in [2.45, 2.75) is 38.5 Å². The first-order valence-electron chi connectivity index (χ1n) is 20.8. The fourth-order valence-corrected chi connectivity index (χ4v) is 5.62. The summed E-state index contributed by atoms with van der Waals surface area (Å²) < 4.78 is 0. The van der Waals surface area contributed by atoms with Gasteiger partial charge in [-0.3, -0.25) is 28.8 Å². The van der Waals surface area contributed by atoms with Gasteiger partial charge in [-0.05, 0) is 33.4 Å². The minimum absolute atomic E-state index is 0. The van der Waals surface area contributed by atoms with Gasteiger partial charge in [0.2, 0.25) is 35.4 Å². The second-order valence-electron chi connectivity index (χ2n) is 14.5. The van der Waals surface area contributed by atoms with Crippen molar-refractivity contribution in [1.82, 2.24) is 0 Å². The predicted molar refractivity (Wildman–Crippen MR) is 274 cm³/mol. The van der Waals surface area contributed by atoms with E-state index >= 15 is 0 Å². The molecule has 18 nitrogen and oxygen atoms in total. The van der Waals surface area contributed by atoms with E-state index in [9.17, 15) is 28.8 Å². The molecule has 1 radical (unpaired) electrons. The van der Waals surface area contributed by atoms with E-state index in [-0.39, 0.29) is 94.1 Å². The Kier molecular flexibility index (Phi) is 30.8. The third-order valence-electron chi connectivity index (χ3n) is 8.51. The van der Waals surface area contributed by atoms with Crippen LogP contribution in [0.25, 0.3) is 29.1 Å². The summed E-state index contributed by atoms with van der Waals surface area (Å²) in [6, 6.07) is 41.3. The number of carbonyl (C=O) groups is 6. The predicted octanol–water partition coefficient (Wildman–Crippen LogP) is 7.59. The Bertz CT molecular complexity index is 2580. The first-order valence-corrected chi connectivity index (χ1v) is 20.8. The molecule has 0 spiro atoms. The zero-order chi connectivity index (χ0) is 53.8. The third kappa shape index (κ3) is 30.0. The molecule has 19 heteroatoms. The maximum atomic E-state index is 10.5. The first kappa shape index (κ1) is 62.7. The Morgan fingerprint density at radius 1 is 0.274 bits per heavy atom. The Morgan fingerprint density at radius 2 is 0.397 bits per heavy atom. The summed E-state index contributed by atoms with van der Waals surface area (Å²) in [5, 5.41) is 0. The van der Waals surface area contributed by atoms with E-state index in [4.69, 9.17) is 73.8 Å². The Balaban J connectivity index is 0.000000850. The van der Waals surface area contributed by atoms with E-state index in [1.807, 2.05) is 0 Å². The van der Waals surface area contributed by atoms with Crippen molar-refractivity contribution in [1.29, 1.82) is 0 Å². The van der Waals surface area contributed by atoms with Gasteiger partial charge in [0, 0.05) is 0 Å². The van der Waals surface area contributed by atoms with Crippen LogP contribution in [0.3, 0.4) is 0 Å². The van der Waals surface area contributed by atoms with Crippen molar-refractivity contribution in [2.24, 2.45) is 34.4 Å². The van der Waals surface area contributed by atoms with Crippen LogP contribution in [-0.2, 0) is 87.4 Å². The van der Waals surface area contributed by atoms with Crippen LogP contribution in [-0.4, -0.2) is 35.4 Å². The van der Waals surface area contributed by atoms with Crippen molar-refractivity contribution in [3.8, 4) is 0 Å². The number of amides is 6. The van der Waals surface area contributed by atoms with Crippen molar-refractivity contribution in [2.75, 3.05) is 0 Å². The van der Waals surface area contributed by atoms with E-state index in [2.05, 4.69) is 29.1 Å². The zero-order valence-corrected chi connectivity index (χ0v) is 40.9. The molecule has 0 aromatic heterocycles. The average Bonchev–Trinajstić information content (AvgIpc) is 3.34. The molecule has 0 bridgehead atoms. The summed E-state index contributed by atoms with van der Waals surface area (Å²) >= 11 is 0. The fourth-order valence-electron chi connectivity index (χ4n) is 5.62. The number of nitrogens with zero attached hydrogens (tertiary/aromatic N) is 6. The Labute approximate surface area is 436 Å². The monoisotopic (exact) mass is 1060 g/mol. The molecular formula is C54H48N12O6Tc+6. The number of nitrogens with two attached hydrogens (primary N) is 6. The standard InChI is InChI=1S/6C9H8N2O.Tc/c6*1-11-8-4-2-3-7(5-8)6-9(10)12;/h6*2-5H,6H2,(H2,10,12);/q;;;;;;+6. The minimum atomic E-state index is -0.378. The summed E-state index contributed by atoms with van der Waals surface area (Å²) in [5.41, 5.74) is 37.9. The largest absolute Gasteiger partial charge is 6.00 e. The van der Waals surface area contributed by atoms with Gasteiger partial charge in [0.1, 0.15) is 0 Å². The molecule has 0 saturated heterocycles. The smallest absolute Gasteiger partial charge is 0.369 e. The summed E-state index contributed by atoms with van der Waals surface area (Å²) in [4.78, 5) is 82.5. The maximum Gasteiger partial charge on any atom is 6.00 e. The van der Waals surface area contributed by atoms with Crippen LogP contribution >= 0.6 is 0 Å². The fraction of sp³-hybridized carbons (Fsp3) is 0.111. The van der Waals surface area contributed by atoms with Crippen LogP contribution in [0.15, 0.2) is 146 Å². The van der Waals surface area contributed by atoms with Crippen LogP contribution in [0.1, 0.15) is 33.4 Å². The molecule has 0 aliphatic carbocycles. The van der Waals surface area contributed by atoms with Crippen molar-refractivity contribution >= 4 is 69.6 Å². The number of hydrogen-bond acceptors (Lipinski definition) is 6. The SMILES string of the molecule is [C-]#[N+]c1cccc(CC(N)=O)c1.[C-]#[N+]c1cccc(CC(N)=O)c1.[C-]#[N+]c1cccc(CC(N)=O)c1.[C-]#[N+]c1cccc(CC(N)=O)c1.[C-]#[N+]c1cccc(CC(N)=O)c1.[C-]#[N+]c1cccc(CC(N)=O)c1.[Tc+6]. The molecular weight excluding hydrogens is 1010 g/mol. The maximum absolute atomic E-state index is 10.5. The van der Waals surface area contributed by atoms with E-state index in [1.54, 1.807) is 146 Å². The molecule has 6 aromatic carbocycles. The van der Waals surface area contributed by atoms with E-state index < -0.39 is 0 Å². The summed E-state index contributed by atoms with van der Waals surface area (Å²) in [5.74, 6) is -2.27. The summed E-state index contributed by atoms with van der Waals surface area (Å²) in [6.07, 6.45) is 1.19. The number of benzene rings is 6. The van der Waals surface area contributed by atoms with Gasteiger partial charge >= 0.3 is 20.1 Å². The Morgan fingerprint density at radius 3 is 0.493 bits per heavy atom. The van der Waals surface area contributed by atoms with Gasteiger partial charge in [0.25, 0.3) is 0 Å². The number of hydrogen-bond donors (Lipinski definition) is 6. The summed E-state index contributed by atoms with van der Waals surface area (Å²) in [6.45, 7) is 40.4. The van der Waals surface area contributed by atoms with Crippen LogP contribution in [0.2, 0.25) is 0 Å². The summed E-state index contributed by atoms with van der Waals surface area (Å²) in [7, 11) is 0. The molecule has 0 aliphatic rings. The van der Waals surface area contributed by atoms with Gasteiger partial charge < -0.3 is 34.4 Å². The van der Waals surface area contributed by atoms with E-state index in [1.165, 1.54) is 0 Å². The van der Waals surface area contributed by atoms with Gasteiger partial charge in [-0.2, -0.15) is 0 Å². The van der Waals surface area contributed by atoms with Gasteiger partial charge in [-0.1, -0.05) is 146 Å². The molecule has 73 heavy (non-hydrogen) atoms. The molecule has 6 aromatic rings. The Hall–Kier alpha value is -10.3. The van der Waals surface area contributed by atoms with E-state index in [0.29, 0.717) is 34.1 Å². The molecule has 0 fully saturated rings.